The molecular weight excluding hydrogens is 221 g/mol. The summed E-state index contributed by atoms with van der Waals surface area (Å²) in [6, 6.07) is 10.5. The van der Waals surface area contributed by atoms with Crippen molar-refractivity contribution >= 4 is 5.69 Å². The molecule has 2 rings (SSSR count). The molecule has 0 aromatic heterocycles. The first-order chi connectivity index (χ1) is 8.15. The van der Waals surface area contributed by atoms with E-state index in [0.29, 0.717) is 11.4 Å². The summed E-state index contributed by atoms with van der Waals surface area (Å²) in [6.45, 7) is 0.232. The number of rotatable bonds is 3. The number of anilines is 1. The van der Waals surface area contributed by atoms with Gasteiger partial charge in [0.1, 0.15) is 23.9 Å². The fourth-order valence-electron chi connectivity index (χ4n) is 1.43. The molecule has 3 N–H and O–H groups in total. The summed E-state index contributed by atoms with van der Waals surface area (Å²) in [5, 5.41) is 9.19. The fourth-order valence-corrected chi connectivity index (χ4v) is 1.43. The zero-order valence-electron chi connectivity index (χ0n) is 9.06. The average molecular weight is 233 g/mol. The molecule has 4 heteroatoms. The minimum Gasteiger partial charge on any atom is -0.508 e. The number of hydrogen-bond donors (Lipinski definition) is 2. The summed E-state index contributed by atoms with van der Waals surface area (Å²) in [6.07, 6.45) is 0. The molecule has 0 amide bonds. The lowest BCUT2D eigenvalue weighted by Crippen LogP contribution is -2.00. The highest BCUT2D eigenvalue weighted by Crippen LogP contribution is 2.21. The van der Waals surface area contributed by atoms with Crippen LogP contribution in [-0.4, -0.2) is 5.11 Å². The molecule has 0 spiro atoms. The lowest BCUT2D eigenvalue weighted by molar-refractivity contribution is 0.305. The molecule has 0 saturated carbocycles. The molecule has 3 nitrogen and oxygen atoms in total. The second kappa shape index (κ2) is 4.74. The van der Waals surface area contributed by atoms with Gasteiger partial charge in [-0.15, -0.1) is 0 Å². The number of phenolic OH excluding ortho intramolecular Hbond substituents is 1. The first kappa shape index (κ1) is 11.3. The van der Waals surface area contributed by atoms with Crippen LogP contribution in [0.2, 0.25) is 0 Å². The highest BCUT2D eigenvalue weighted by molar-refractivity contribution is 5.50. The third-order valence-corrected chi connectivity index (χ3v) is 2.32. The van der Waals surface area contributed by atoms with E-state index in [1.54, 1.807) is 18.2 Å². The molecule has 2 aromatic carbocycles. The van der Waals surface area contributed by atoms with Gasteiger partial charge in [0, 0.05) is 23.4 Å². The van der Waals surface area contributed by atoms with Crippen molar-refractivity contribution in [3.63, 3.8) is 0 Å². The van der Waals surface area contributed by atoms with Gasteiger partial charge in [0.05, 0.1) is 0 Å². The van der Waals surface area contributed by atoms with Crippen molar-refractivity contribution in [2.75, 3.05) is 5.73 Å². The van der Waals surface area contributed by atoms with E-state index in [9.17, 15) is 9.50 Å². The summed E-state index contributed by atoms with van der Waals surface area (Å²) in [7, 11) is 0. The van der Waals surface area contributed by atoms with Crippen LogP contribution in [0, 0.1) is 5.82 Å². The molecule has 0 aliphatic heterocycles. The Morgan fingerprint density at radius 3 is 2.71 bits per heavy atom. The van der Waals surface area contributed by atoms with Gasteiger partial charge in [-0.3, -0.25) is 0 Å². The van der Waals surface area contributed by atoms with Crippen LogP contribution in [0.15, 0.2) is 42.5 Å². The van der Waals surface area contributed by atoms with Gasteiger partial charge >= 0.3 is 0 Å². The highest BCUT2D eigenvalue weighted by atomic mass is 19.1. The van der Waals surface area contributed by atoms with Gasteiger partial charge in [-0.1, -0.05) is 6.07 Å². The SMILES string of the molecule is Nc1cc(O)ccc1COc1cccc(F)c1. The summed E-state index contributed by atoms with van der Waals surface area (Å²) in [4.78, 5) is 0. The lowest BCUT2D eigenvalue weighted by Gasteiger charge is -2.08. The van der Waals surface area contributed by atoms with Gasteiger partial charge in [-0.25, -0.2) is 4.39 Å². The summed E-state index contributed by atoms with van der Waals surface area (Å²) in [5.74, 6) is 0.204. The van der Waals surface area contributed by atoms with Gasteiger partial charge in [-0.2, -0.15) is 0 Å². The van der Waals surface area contributed by atoms with Crippen molar-refractivity contribution in [1.29, 1.82) is 0 Å². The molecule has 0 aliphatic carbocycles. The molecule has 0 bridgehead atoms. The molecular formula is C13H12FNO2. The second-order valence-corrected chi connectivity index (χ2v) is 3.63. The van der Waals surface area contributed by atoms with E-state index in [1.165, 1.54) is 24.3 Å². The van der Waals surface area contributed by atoms with Crippen molar-refractivity contribution in [3.8, 4) is 11.5 Å². The molecule has 0 heterocycles. The predicted octanol–water partition coefficient (Wildman–Crippen LogP) is 2.69. The van der Waals surface area contributed by atoms with Crippen LogP contribution in [0.25, 0.3) is 0 Å². The first-order valence-electron chi connectivity index (χ1n) is 5.11. The van der Waals surface area contributed by atoms with E-state index in [-0.39, 0.29) is 18.2 Å². The number of benzene rings is 2. The Morgan fingerprint density at radius 1 is 1.18 bits per heavy atom. The zero-order valence-corrected chi connectivity index (χ0v) is 9.06. The van der Waals surface area contributed by atoms with Gasteiger partial charge < -0.3 is 15.6 Å². The maximum absolute atomic E-state index is 12.9. The molecule has 0 fully saturated rings. The van der Waals surface area contributed by atoms with Crippen molar-refractivity contribution in [2.24, 2.45) is 0 Å². The fraction of sp³-hybridized carbons (Fsp3) is 0.0769. The summed E-state index contributed by atoms with van der Waals surface area (Å²) >= 11 is 0. The van der Waals surface area contributed by atoms with Crippen LogP contribution in [0.1, 0.15) is 5.56 Å². The van der Waals surface area contributed by atoms with E-state index in [4.69, 9.17) is 10.5 Å². The molecule has 0 unspecified atom stereocenters. The zero-order chi connectivity index (χ0) is 12.3. The number of nitrogens with two attached hydrogens (primary N) is 1. The Kier molecular flexibility index (Phi) is 3.14. The number of aromatic hydroxyl groups is 1. The number of halogens is 1. The summed E-state index contributed by atoms with van der Waals surface area (Å²) < 4.78 is 18.3. The van der Waals surface area contributed by atoms with Crippen LogP contribution in [0.5, 0.6) is 11.5 Å². The van der Waals surface area contributed by atoms with Gasteiger partial charge in [0.2, 0.25) is 0 Å². The Labute approximate surface area is 98.3 Å². The average Bonchev–Trinajstić information content (AvgIpc) is 2.28. The summed E-state index contributed by atoms with van der Waals surface area (Å²) in [5.41, 5.74) is 6.89. The van der Waals surface area contributed by atoms with Crippen molar-refractivity contribution in [2.45, 2.75) is 6.61 Å². The Hall–Kier alpha value is -2.23. The topological polar surface area (TPSA) is 55.5 Å². The van der Waals surface area contributed by atoms with E-state index >= 15 is 0 Å². The monoisotopic (exact) mass is 233 g/mol. The maximum Gasteiger partial charge on any atom is 0.126 e. The van der Waals surface area contributed by atoms with Crippen LogP contribution >= 0.6 is 0 Å². The van der Waals surface area contributed by atoms with Crippen LogP contribution in [0.4, 0.5) is 10.1 Å². The smallest absolute Gasteiger partial charge is 0.126 e. The van der Waals surface area contributed by atoms with Crippen molar-refractivity contribution < 1.29 is 14.2 Å². The van der Waals surface area contributed by atoms with Gasteiger partial charge in [-0.05, 0) is 24.3 Å². The number of nitrogen functional groups attached to an aromatic ring is 1. The van der Waals surface area contributed by atoms with Crippen LogP contribution < -0.4 is 10.5 Å². The molecule has 0 atom stereocenters. The van der Waals surface area contributed by atoms with Crippen LogP contribution in [0.3, 0.4) is 0 Å². The van der Waals surface area contributed by atoms with E-state index in [2.05, 4.69) is 0 Å². The largest absolute Gasteiger partial charge is 0.508 e. The highest BCUT2D eigenvalue weighted by Gasteiger charge is 2.02. The van der Waals surface area contributed by atoms with Crippen LogP contribution in [-0.2, 0) is 6.61 Å². The minimum atomic E-state index is -0.346. The third-order valence-electron chi connectivity index (χ3n) is 2.32. The maximum atomic E-state index is 12.9. The normalized spacial score (nSPS) is 10.2. The predicted molar refractivity (Wildman–Crippen MR) is 63.3 cm³/mol. The number of ether oxygens (including phenoxy) is 1. The number of phenols is 1. The quantitative estimate of drug-likeness (QED) is 0.801. The Bertz CT molecular complexity index is 529. The molecule has 17 heavy (non-hydrogen) atoms. The van der Waals surface area contributed by atoms with Crippen molar-refractivity contribution in [1.82, 2.24) is 0 Å². The van der Waals surface area contributed by atoms with Crippen molar-refractivity contribution in [3.05, 3.63) is 53.8 Å². The van der Waals surface area contributed by atoms with E-state index in [1.807, 2.05) is 0 Å². The van der Waals surface area contributed by atoms with E-state index in [0.717, 1.165) is 5.56 Å². The molecule has 0 saturated heterocycles. The van der Waals surface area contributed by atoms with Gasteiger partial charge in [0.25, 0.3) is 0 Å². The molecule has 0 radical (unpaired) electrons. The second-order valence-electron chi connectivity index (χ2n) is 3.63. The Morgan fingerprint density at radius 2 is 2.00 bits per heavy atom. The third kappa shape index (κ3) is 2.87. The first-order valence-corrected chi connectivity index (χ1v) is 5.11. The molecule has 88 valence electrons. The molecule has 2 aromatic rings. The standard InChI is InChI=1S/C13H12FNO2/c14-10-2-1-3-12(6-10)17-8-9-4-5-11(16)7-13(9)15/h1-7,16H,8,15H2. The number of hydrogen-bond acceptors (Lipinski definition) is 3. The lowest BCUT2D eigenvalue weighted by atomic mass is 10.2. The minimum absolute atomic E-state index is 0.108. The molecule has 0 aliphatic rings. The van der Waals surface area contributed by atoms with E-state index < -0.39 is 0 Å². The Balaban J connectivity index is 2.07. The van der Waals surface area contributed by atoms with Gasteiger partial charge in [0.15, 0.2) is 0 Å².